The lowest BCUT2D eigenvalue weighted by atomic mass is 10.3. The highest BCUT2D eigenvalue weighted by Crippen LogP contribution is 2.19. The topological polar surface area (TPSA) is 12.5 Å². The Kier molecular flexibility index (Phi) is 1.74. The Morgan fingerprint density at radius 2 is 2.00 bits per heavy atom. The Hall–Kier alpha value is -1.44. The van der Waals surface area contributed by atoms with Gasteiger partial charge in [0.25, 0.3) is 0 Å². The van der Waals surface area contributed by atoms with Crippen molar-refractivity contribution in [3.05, 3.63) is 42.3 Å². The molecule has 0 spiro atoms. The Balaban J connectivity index is 2.22. The molecule has 0 fully saturated rings. The summed E-state index contributed by atoms with van der Waals surface area (Å²) in [6.07, 6.45) is 2.01. The molecule has 2 nitrogen and oxygen atoms in total. The number of anilines is 1. The molecule has 1 aliphatic heterocycles. The molecule has 0 atom stereocenters. The van der Waals surface area contributed by atoms with Crippen LogP contribution in [-0.4, -0.2) is 6.73 Å². The molecule has 1 heterocycles. The van der Waals surface area contributed by atoms with E-state index in [2.05, 4.69) is 17.0 Å². The molecule has 12 heavy (non-hydrogen) atoms. The number of para-hydroxylation sites is 1. The lowest BCUT2D eigenvalue weighted by Gasteiger charge is -2.12. The van der Waals surface area contributed by atoms with Crippen LogP contribution in [0.1, 0.15) is 6.92 Å². The molecule has 2 heteroatoms. The molecule has 0 bridgehead atoms. The van der Waals surface area contributed by atoms with Gasteiger partial charge in [0.1, 0.15) is 5.76 Å². The van der Waals surface area contributed by atoms with Crippen molar-refractivity contribution in [2.24, 2.45) is 0 Å². The molecule has 0 N–H and O–H groups in total. The molecule has 0 unspecified atom stereocenters. The summed E-state index contributed by atoms with van der Waals surface area (Å²) in [5.41, 5.74) is 1.18. The Bertz CT molecular complexity index is 292. The Labute approximate surface area is 72.1 Å². The van der Waals surface area contributed by atoms with Crippen LogP contribution in [0.5, 0.6) is 0 Å². The van der Waals surface area contributed by atoms with Crippen LogP contribution in [-0.2, 0) is 4.74 Å². The number of rotatable bonds is 1. The maximum Gasteiger partial charge on any atom is 0.164 e. The van der Waals surface area contributed by atoms with E-state index in [0.29, 0.717) is 6.73 Å². The van der Waals surface area contributed by atoms with E-state index < -0.39 is 0 Å². The van der Waals surface area contributed by atoms with E-state index in [9.17, 15) is 0 Å². The Morgan fingerprint density at radius 1 is 1.25 bits per heavy atom. The average Bonchev–Trinajstić information content (AvgIpc) is 2.54. The molecular weight excluding hydrogens is 150 g/mol. The largest absolute Gasteiger partial charge is 0.476 e. The van der Waals surface area contributed by atoms with Crippen LogP contribution in [0.3, 0.4) is 0 Å². The zero-order chi connectivity index (χ0) is 8.39. The number of benzene rings is 1. The maximum atomic E-state index is 5.31. The van der Waals surface area contributed by atoms with E-state index in [0.717, 1.165) is 5.76 Å². The third-order valence-corrected chi connectivity index (χ3v) is 1.86. The first kappa shape index (κ1) is 7.22. The summed E-state index contributed by atoms with van der Waals surface area (Å²) in [6, 6.07) is 10.2. The molecule has 1 aromatic carbocycles. The van der Waals surface area contributed by atoms with E-state index in [1.807, 2.05) is 31.3 Å². The van der Waals surface area contributed by atoms with E-state index in [-0.39, 0.29) is 0 Å². The second-order valence-electron chi connectivity index (χ2n) is 2.82. The standard InChI is InChI=1S/C10H11NO/c1-9-7-11(8-12-9)10-5-3-2-4-6-10/h2-7H,8H2,1H3. The number of nitrogens with zero attached hydrogens (tertiary/aromatic N) is 1. The molecule has 1 aliphatic rings. The first-order chi connectivity index (χ1) is 5.86. The molecule has 62 valence electrons. The average molecular weight is 161 g/mol. The zero-order valence-corrected chi connectivity index (χ0v) is 7.03. The third kappa shape index (κ3) is 1.28. The van der Waals surface area contributed by atoms with Gasteiger partial charge in [0.05, 0.1) is 0 Å². The smallest absolute Gasteiger partial charge is 0.164 e. The number of allylic oxidation sites excluding steroid dienone is 1. The van der Waals surface area contributed by atoms with Gasteiger partial charge in [-0.25, -0.2) is 0 Å². The Morgan fingerprint density at radius 3 is 2.58 bits per heavy atom. The minimum Gasteiger partial charge on any atom is -0.476 e. The van der Waals surface area contributed by atoms with Gasteiger partial charge in [-0.1, -0.05) is 18.2 Å². The molecule has 0 saturated heterocycles. The van der Waals surface area contributed by atoms with Gasteiger partial charge in [-0.2, -0.15) is 0 Å². The molecule has 0 amide bonds. The molecule has 0 radical (unpaired) electrons. The van der Waals surface area contributed by atoms with Crippen LogP contribution >= 0.6 is 0 Å². The second-order valence-corrected chi connectivity index (χ2v) is 2.82. The molecule has 1 aromatic rings. The van der Waals surface area contributed by atoms with E-state index in [1.165, 1.54) is 5.69 Å². The fourth-order valence-corrected chi connectivity index (χ4v) is 1.23. The fraction of sp³-hybridized carbons (Fsp3) is 0.200. The first-order valence-electron chi connectivity index (χ1n) is 3.99. The van der Waals surface area contributed by atoms with Crippen LogP contribution < -0.4 is 4.90 Å². The molecular formula is C10H11NO. The zero-order valence-electron chi connectivity index (χ0n) is 7.03. The molecule has 0 aliphatic carbocycles. The van der Waals surface area contributed by atoms with Crippen molar-refractivity contribution in [1.82, 2.24) is 0 Å². The number of hydrogen-bond donors (Lipinski definition) is 0. The van der Waals surface area contributed by atoms with E-state index >= 15 is 0 Å². The molecule has 0 aromatic heterocycles. The van der Waals surface area contributed by atoms with Gasteiger partial charge >= 0.3 is 0 Å². The van der Waals surface area contributed by atoms with E-state index in [4.69, 9.17) is 4.74 Å². The van der Waals surface area contributed by atoms with Gasteiger partial charge in [0.2, 0.25) is 0 Å². The van der Waals surface area contributed by atoms with Gasteiger partial charge in [-0.3, -0.25) is 0 Å². The summed E-state index contributed by atoms with van der Waals surface area (Å²) >= 11 is 0. The number of hydrogen-bond acceptors (Lipinski definition) is 2. The summed E-state index contributed by atoms with van der Waals surface area (Å²) in [4.78, 5) is 2.08. The SMILES string of the molecule is CC1=CN(c2ccccc2)CO1. The van der Waals surface area contributed by atoms with Gasteiger partial charge in [-0.15, -0.1) is 0 Å². The van der Waals surface area contributed by atoms with Gasteiger partial charge in [0.15, 0.2) is 6.73 Å². The second kappa shape index (κ2) is 2.89. The van der Waals surface area contributed by atoms with Crippen molar-refractivity contribution in [2.75, 3.05) is 11.6 Å². The van der Waals surface area contributed by atoms with Crippen molar-refractivity contribution in [3.63, 3.8) is 0 Å². The monoisotopic (exact) mass is 161 g/mol. The predicted octanol–water partition coefficient (Wildman–Crippen LogP) is 2.34. The highest BCUT2D eigenvalue weighted by atomic mass is 16.5. The van der Waals surface area contributed by atoms with Crippen molar-refractivity contribution in [1.29, 1.82) is 0 Å². The third-order valence-electron chi connectivity index (χ3n) is 1.86. The predicted molar refractivity (Wildman–Crippen MR) is 48.6 cm³/mol. The fourth-order valence-electron chi connectivity index (χ4n) is 1.23. The minimum atomic E-state index is 0.635. The van der Waals surface area contributed by atoms with Crippen molar-refractivity contribution < 1.29 is 4.74 Å². The van der Waals surface area contributed by atoms with Crippen LogP contribution in [0.2, 0.25) is 0 Å². The quantitative estimate of drug-likeness (QED) is 0.626. The highest BCUT2D eigenvalue weighted by Gasteiger charge is 2.10. The maximum absolute atomic E-state index is 5.31. The van der Waals surface area contributed by atoms with Crippen LogP contribution in [0.15, 0.2) is 42.3 Å². The van der Waals surface area contributed by atoms with Gasteiger partial charge in [0, 0.05) is 11.9 Å². The van der Waals surface area contributed by atoms with E-state index in [1.54, 1.807) is 0 Å². The number of ether oxygens (including phenoxy) is 1. The summed E-state index contributed by atoms with van der Waals surface area (Å²) in [7, 11) is 0. The summed E-state index contributed by atoms with van der Waals surface area (Å²) in [6.45, 7) is 2.60. The summed E-state index contributed by atoms with van der Waals surface area (Å²) in [5, 5.41) is 0. The van der Waals surface area contributed by atoms with Crippen LogP contribution in [0.4, 0.5) is 5.69 Å². The van der Waals surface area contributed by atoms with Crippen molar-refractivity contribution >= 4 is 5.69 Å². The lowest BCUT2D eigenvalue weighted by molar-refractivity contribution is 0.247. The summed E-state index contributed by atoms with van der Waals surface area (Å²) in [5.74, 6) is 0.971. The van der Waals surface area contributed by atoms with Gasteiger partial charge < -0.3 is 9.64 Å². The molecule has 2 rings (SSSR count). The molecule has 0 saturated carbocycles. The van der Waals surface area contributed by atoms with Crippen LogP contribution in [0.25, 0.3) is 0 Å². The van der Waals surface area contributed by atoms with Crippen LogP contribution in [0, 0.1) is 0 Å². The normalized spacial score (nSPS) is 15.8. The minimum absolute atomic E-state index is 0.635. The summed E-state index contributed by atoms with van der Waals surface area (Å²) < 4.78 is 5.31. The van der Waals surface area contributed by atoms with Gasteiger partial charge in [-0.05, 0) is 19.1 Å². The lowest BCUT2D eigenvalue weighted by Crippen LogP contribution is -2.12. The van der Waals surface area contributed by atoms with Crippen molar-refractivity contribution in [3.8, 4) is 0 Å². The van der Waals surface area contributed by atoms with Crippen molar-refractivity contribution in [2.45, 2.75) is 6.92 Å². The first-order valence-corrected chi connectivity index (χ1v) is 3.99. The highest BCUT2D eigenvalue weighted by molar-refractivity contribution is 5.49.